The van der Waals surface area contributed by atoms with E-state index in [1.807, 2.05) is 13.1 Å². The monoisotopic (exact) mass is 358 g/mol. The summed E-state index contributed by atoms with van der Waals surface area (Å²) in [6.45, 7) is 2.00. The van der Waals surface area contributed by atoms with Crippen molar-refractivity contribution in [3.8, 4) is 0 Å². The van der Waals surface area contributed by atoms with E-state index in [4.69, 9.17) is 0 Å². The average molecular weight is 358 g/mol. The first kappa shape index (κ1) is 17.8. The van der Waals surface area contributed by atoms with Crippen LogP contribution in [0, 0.1) is 0 Å². The largest absolute Gasteiger partial charge is 0.409 e. The number of oxime groups is 1. The number of aromatic amines is 1. The summed E-state index contributed by atoms with van der Waals surface area (Å²) in [4.78, 5) is 20.9. The van der Waals surface area contributed by atoms with Gasteiger partial charge in [0.2, 0.25) is 0 Å². The minimum atomic E-state index is -0.449. The second-order valence-corrected chi connectivity index (χ2v) is 6.13. The lowest BCUT2D eigenvalue weighted by Gasteiger charge is -2.32. The Labute approximate surface area is 150 Å². The van der Waals surface area contributed by atoms with Crippen LogP contribution in [0.25, 0.3) is 0 Å². The Hall–Kier alpha value is -3.01. The second-order valence-electron chi connectivity index (χ2n) is 6.13. The molecular formula is C16H22N8O2. The first-order valence-corrected chi connectivity index (χ1v) is 8.38. The number of rotatable bonds is 4. The van der Waals surface area contributed by atoms with E-state index in [0.29, 0.717) is 17.4 Å². The summed E-state index contributed by atoms with van der Waals surface area (Å²) in [6, 6.07) is 4.04. The third-order valence-corrected chi connectivity index (χ3v) is 4.55. The smallest absolute Gasteiger partial charge is 0.345 e. The molecule has 10 nitrogen and oxygen atoms in total. The lowest BCUT2D eigenvalue weighted by atomic mass is 10.1. The highest BCUT2D eigenvalue weighted by Crippen LogP contribution is 2.18. The molecule has 3 N–H and O–H groups in total. The van der Waals surface area contributed by atoms with Crippen molar-refractivity contribution in [3.05, 3.63) is 40.7 Å². The van der Waals surface area contributed by atoms with Crippen molar-refractivity contribution < 1.29 is 5.21 Å². The fraction of sp³-hybridized carbons (Fsp3) is 0.438. The van der Waals surface area contributed by atoms with Crippen molar-refractivity contribution in [2.45, 2.75) is 18.9 Å². The summed E-state index contributed by atoms with van der Waals surface area (Å²) in [5.41, 5.74) is 0.508. The van der Waals surface area contributed by atoms with Crippen LogP contribution in [-0.2, 0) is 0 Å². The number of amidine groups is 1. The highest BCUT2D eigenvalue weighted by Gasteiger charge is 2.20. The number of nitrogens with one attached hydrogen (secondary N) is 2. The lowest BCUT2D eigenvalue weighted by molar-refractivity contribution is 0.318. The van der Waals surface area contributed by atoms with Gasteiger partial charge in [-0.25, -0.2) is 4.79 Å². The molecule has 0 unspecified atom stereocenters. The Morgan fingerprint density at radius 3 is 2.62 bits per heavy atom. The third-order valence-electron chi connectivity index (χ3n) is 4.55. The van der Waals surface area contributed by atoms with Crippen molar-refractivity contribution in [1.82, 2.24) is 25.5 Å². The molecule has 1 saturated heterocycles. The summed E-state index contributed by atoms with van der Waals surface area (Å²) in [7, 11) is 3.69. The van der Waals surface area contributed by atoms with Gasteiger partial charge in [0.25, 0.3) is 0 Å². The lowest BCUT2D eigenvalue weighted by Crippen LogP contribution is -2.41. The third kappa shape index (κ3) is 3.80. The molecule has 0 bridgehead atoms. The number of aromatic nitrogens is 4. The molecule has 1 fully saturated rings. The van der Waals surface area contributed by atoms with Crippen LogP contribution in [-0.4, -0.2) is 64.4 Å². The number of nitrogens with zero attached hydrogens (tertiary/aromatic N) is 6. The minimum Gasteiger partial charge on any atom is -0.409 e. The quantitative estimate of drug-likeness (QED) is 0.303. The van der Waals surface area contributed by atoms with Gasteiger partial charge in [-0.3, -0.25) is 0 Å². The highest BCUT2D eigenvalue weighted by molar-refractivity contribution is 6.07. The molecule has 26 heavy (non-hydrogen) atoms. The molecule has 1 aliphatic rings. The number of anilines is 2. The van der Waals surface area contributed by atoms with Crippen LogP contribution < -0.4 is 20.8 Å². The second kappa shape index (κ2) is 7.91. The molecule has 0 atom stereocenters. The van der Waals surface area contributed by atoms with E-state index in [0.717, 1.165) is 31.7 Å². The molecule has 138 valence electrons. The molecule has 0 saturated carbocycles. The van der Waals surface area contributed by atoms with Crippen molar-refractivity contribution in [1.29, 1.82) is 0 Å². The van der Waals surface area contributed by atoms with Crippen molar-refractivity contribution >= 4 is 17.3 Å². The van der Waals surface area contributed by atoms with Crippen LogP contribution in [0.15, 0.2) is 34.5 Å². The Morgan fingerprint density at radius 1 is 1.27 bits per heavy atom. The number of hydrogen-bond donors (Lipinski definition) is 3. The van der Waals surface area contributed by atoms with Crippen LogP contribution in [0.2, 0.25) is 0 Å². The predicted molar refractivity (Wildman–Crippen MR) is 97.9 cm³/mol. The molecule has 0 amide bonds. The molecule has 10 heteroatoms. The van der Waals surface area contributed by atoms with E-state index in [2.05, 4.69) is 35.5 Å². The molecule has 2 aromatic heterocycles. The molecule has 3 heterocycles. The maximum Gasteiger partial charge on any atom is 0.345 e. The summed E-state index contributed by atoms with van der Waals surface area (Å²) in [6.07, 6.45) is 4.99. The summed E-state index contributed by atoms with van der Waals surface area (Å²) in [5, 5.41) is 24.6. The Morgan fingerprint density at radius 2 is 2.04 bits per heavy atom. The van der Waals surface area contributed by atoms with Crippen LogP contribution in [0.3, 0.4) is 0 Å². The fourth-order valence-corrected chi connectivity index (χ4v) is 2.94. The molecule has 0 spiro atoms. The highest BCUT2D eigenvalue weighted by atomic mass is 16.4. The maximum atomic E-state index is 11.1. The van der Waals surface area contributed by atoms with Crippen molar-refractivity contribution in [2.24, 2.45) is 5.16 Å². The summed E-state index contributed by atoms with van der Waals surface area (Å²) < 4.78 is 0. The number of hydrogen-bond acceptors (Lipinski definition) is 8. The van der Waals surface area contributed by atoms with Gasteiger partial charge in [-0.05, 0) is 38.1 Å². The fourth-order valence-electron chi connectivity index (χ4n) is 2.94. The molecule has 0 aliphatic carbocycles. The van der Waals surface area contributed by atoms with E-state index in [9.17, 15) is 10.0 Å². The molecule has 0 aromatic carbocycles. The molecule has 3 rings (SSSR count). The number of H-pyrrole nitrogens is 1. The zero-order chi connectivity index (χ0) is 18.5. The SMILES string of the molecule is CN(/C(=N/O)c1ccc(N(C)C2CCNCC2)nn1)c1cnc(=O)[nH]c1. The van der Waals surface area contributed by atoms with Gasteiger partial charge in [-0.15, -0.1) is 10.2 Å². The maximum absolute atomic E-state index is 11.1. The minimum absolute atomic E-state index is 0.197. The molecule has 0 radical (unpaired) electrons. The standard InChI is InChI=1S/C16H22N8O2/c1-23(11-5-7-17-8-6-11)14-4-3-13(20-21-14)15(22-26)24(2)12-9-18-16(25)19-10-12/h3-4,9-11,17,26H,5-8H2,1-2H3,(H,18,19,25)/b22-15+. The van der Waals surface area contributed by atoms with Crippen molar-refractivity contribution in [3.63, 3.8) is 0 Å². The Kier molecular flexibility index (Phi) is 5.42. The van der Waals surface area contributed by atoms with E-state index >= 15 is 0 Å². The van der Waals surface area contributed by atoms with Gasteiger partial charge in [0.15, 0.2) is 11.7 Å². The summed E-state index contributed by atoms with van der Waals surface area (Å²) in [5.74, 6) is 0.966. The van der Waals surface area contributed by atoms with Gasteiger partial charge in [0, 0.05) is 26.3 Å². The van der Waals surface area contributed by atoms with Gasteiger partial charge in [0.05, 0.1) is 11.9 Å². The van der Waals surface area contributed by atoms with Crippen LogP contribution in [0.1, 0.15) is 18.5 Å². The first-order chi connectivity index (χ1) is 12.6. The Balaban J connectivity index is 1.77. The van der Waals surface area contributed by atoms with Gasteiger partial charge < -0.3 is 25.3 Å². The van der Waals surface area contributed by atoms with Crippen molar-refractivity contribution in [2.75, 3.05) is 37.0 Å². The van der Waals surface area contributed by atoms with Gasteiger partial charge >= 0.3 is 5.69 Å². The average Bonchev–Trinajstić information content (AvgIpc) is 2.69. The number of piperidine rings is 1. The predicted octanol–water partition coefficient (Wildman–Crippen LogP) is 0.0203. The van der Waals surface area contributed by atoms with Crippen LogP contribution >= 0.6 is 0 Å². The van der Waals surface area contributed by atoms with Gasteiger partial charge in [-0.2, -0.15) is 4.98 Å². The summed E-state index contributed by atoms with van der Waals surface area (Å²) >= 11 is 0. The van der Waals surface area contributed by atoms with E-state index < -0.39 is 5.69 Å². The van der Waals surface area contributed by atoms with Gasteiger partial charge in [0.1, 0.15) is 5.69 Å². The normalized spacial score (nSPS) is 15.7. The molecular weight excluding hydrogens is 336 g/mol. The van der Waals surface area contributed by atoms with Crippen LogP contribution in [0.5, 0.6) is 0 Å². The van der Waals surface area contributed by atoms with E-state index in [1.165, 1.54) is 12.4 Å². The molecule has 1 aliphatic heterocycles. The van der Waals surface area contributed by atoms with Gasteiger partial charge in [-0.1, -0.05) is 5.16 Å². The molecule has 2 aromatic rings. The van der Waals surface area contributed by atoms with Crippen LogP contribution in [0.4, 0.5) is 11.5 Å². The van der Waals surface area contributed by atoms with E-state index in [-0.39, 0.29) is 5.84 Å². The zero-order valence-electron chi connectivity index (χ0n) is 14.8. The Bertz CT molecular complexity index is 793. The zero-order valence-corrected chi connectivity index (χ0v) is 14.8. The van der Waals surface area contributed by atoms with E-state index in [1.54, 1.807) is 18.0 Å². The first-order valence-electron chi connectivity index (χ1n) is 8.38. The topological polar surface area (TPSA) is 123 Å².